The highest BCUT2D eigenvalue weighted by atomic mass is 16.3. The second kappa shape index (κ2) is 12.1. The highest BCUT2D eigenvalue weighted by Crippen LogP contribution is 2.17. The van der Waals surface area contributed by atoms with Crippen molar-refractivity contribution >= 4 is 5.91 Å². The summed E-state index contributed by atoms with van der Waals surface area (Å²) in [5.74, 6) is 1.32. The molecule has 0 radical (unpaired) electrons. The average Bonchev–Trinajstić information content (AvgIpc) is 2.63. The van der Waals surface area contributed by atoms with E-state index in [1.165, 1.54) is 11.1 Å². The van der Waals surface area contributed by atoms with Gasteiger partial charge in [0.1, 0.15) is 5.75 Å². The number of carbonyl (C=O) groups is 1. The predicted molar refractivity (Wildman–Crippen MR) is 107 cm³/mol. The predicted octanol–water partition coefficient (Wildman–Crippen LogP) is 5.71. The maximum atomic E-state index is 11.3. The number of benzene rings is 2. The number of carbonyl (C=O) groups excluding carboxylic acids is 1. The SMILES string of the molecule is CC.CC(C)c1ccc(O)cc1.CNC(=O)c1cccc(C(C)C)c1. The lowest BCUT2D eigenvalue weighted by Gasteiger charge is -2.06. The molecule has 2 rings (SSSR count). The topological polar surface area (TPSA) is 49.3 Å². The summed E-state index contributed by atoms with van der Waals surface area (Å²) in [4.78, 5) is 11.3. The van der Waals surface area contributed by atoms with Crippen molar-refractivity contribution in [1.29, 1.82) is 0 Å². The Morgan fingerprint density at radius 1 is 0.880 bits per heavy atom. The molecule has 0 fully saturated rings. The first-order valence-electron chi connectivity index (χ1n) is 8.96. The average molecular weight is 344 g/mol. The van der Waals surface area contributed by atoms with Crippen molar-refractivity contribution in [2.45, 2.75) is 53.4 Å². The Kier molecular flexibility index (Phi) is 11.0. The summed E-state index contributed by atoms with van der Waals surface area (Å²) in [6.45, 7) is 12.5. The second-order valence-electron chi connectivity index (χ2n) is 6.11. The number of hydrogen-bond acceptors (Lipinski definition) is 2. The van der Waals surface area contributed by atoms with Gasteiger partial charge in [-0.05, 0) is 47.2 Å². The quantitative estimate of drug-likeness (QED) is 0.749. The van der Waals surface area contributed by atoms with Crippen LogP contribution in [0.1, 0.15) is 74.9 Å². The summed E-state index contributed by atoms with van der Waals surface area (Å²) in [5.41, 5.74) is 3.19. The van der Waals surface area contributed by atoms with E-state index in [0.29, 0.717) is 17.6 Å². The van der Waals surface area contributed by atoms with E-state index in [2.05, 4.69) is 33.0 Å². The van der Waals surface area contributed by atoms with Crippen LogP contribution in [-0.4, -0.2) is 18.1 Å². The largest absolute Gasteiger partial charge is 0.508 e. The van der Waals surface area contributed by atoms with Crippen molar-refractivity contribution in [3.8, 4) is 5.75 Å². The maximum absolute atomic E-state index is 11.3. The monoisotopic (exact) mass is 343 g/mol. The first kappa shape index (κ1) is 22.7. The number of phenols is 1. The zero-order chi connectivity index (χ0) is 19.4. The molecule has 3 nitrogen and oxygen atoms in total. The molecule has 0 bridgehead atoms. The number of amides is 1. The van der Waals surface area contributed by atoms with Gasteiger partial charge in [-0.1, -0.05) is 65.8 Å². The Hall–Kier alpha value is -2.29. The molecule has 0 atom stereocenters. The van der Waals surface area contributed by atoms with E-state index in [0.717, 1.165) is 5.56 Å². The first-order chi connectivity index (χ1) is 11.8. The van der Waals surface area contributed by atoms with Gasteiger partial charge in [-0.15, -0.1) is 0 Å². The molecule has 2 aromatic carbocycles. The van der Waals surface area contributed by atoms with Crippen LogP contribution in [0.2, 0.25) is 0 Å². The van der Waals surface area contributed by atoms with Gasteiger partial charge in [-0.25, -0.2) is 0 Å². The summed E-state index contributed by atoms with van der Waals surface area (Å²) in [6, 6.07) is 15.0. The van der Waals surface area contributed by atoms with Crippen molar-refractivity contribution in [1.82, 2.24) is 5.32 Å². The molecule has 3 heteroatoms. The standard InChI is InChI=1S/C11H15NO.C9H12O.C2H6/c1-8(2)9-5-4-6-10(7-9)11(13)12-3;1-7(2)8-3-5-9(10)6-4-8;1-2/h4-8H,1-3H3,(H,12,13);3-7,10H,1-2H3;1-2H3. The van der Waals surface area contributed by atoms with Crippen molar-refractivity contribution in [2.75, 3.05) is 7.05 Å². The fourth-order valence-electron chi connectivity index (χ4n) is 2.04. The molecule has 0 aromatic heterocycles. The summed E-state index contributed by atoms with van der Waals surface area (Å²) in [6.07, 6.45) is 0. The van der Waals surface area contributed by atoms with E-state index in [1.54, 1.807) is 19.2 Å². The summed E-state index contributed by atoms with van der Waals surface area (Å²) in [7, 11) is 1.64. The van der Waals surface area contributed by atoms with Crippen molar-refractivity contribution in [3.63, 3.8) is 0 Å². The zero-order valence-corrected chi connectivity index (χ0v) is 16.6. The molecule has 0 unspecified atom stereocenters. The van der Waals surface area contributed by atoms with Gasteiger partial charge in [0.05, 0.1) is 0 Å². The summed E-state index contributed by atoms with van der Waals surface area (Å²) in [5, 5.41) is 11.5. The highest BCUT2D eigenvalue weighted by Gasteiger charge is 2.04. The lowest BCUT2D eigenvalue weighted by atomic mass is 10.0. The number of aromatic hydroxyl groups is 1. The Morgan fingerprint density at radius 3 is 1.84 bits per heavy atom. The smallest absolute Gasteiger partial charge is 0.251 e. The fraction of sp³-hybridized carbons (Fsp3) is 0.409. The number of rotatable bonds is 3. The number of hydrogen-bond donors (Lipinski definition) is 2. The minimum atomic E-state index is -0.0255. The van der Waals surface area contributed by atoms with Crippen LogP contribution in [0.25, 0.3) is 0 Å². The molecule has 2 aromatic rings. The van der Waals surface area contributed by atoms with Crippen LogP contribution in [0.15, 0.2) is 48.5 Å². The molecule has 0 spiro atoms. The first-order valence-corrected chi connectivity index (χ1v) is 8.96. The third-order valence-corrected chi connectivity index (χ3v) is 3.60. The van der Waals surface area contributed by atoms with Crippen LogP contribution < -0.4 is 5.32 Å². The zero-order valence-electron chi connectivity index (χ0n) is 16.6. The number of phenolic OH excluding ortho intramolecular Hbond substituents is 1. The minimum Gasteiger partial charge on any atom is -0.508 e. The molecule has 0 heterocycles. The van der Waals surface area contributed by atoms with E-state index < -0.39 is 0 Å². The molecule has 2 N–H and O–H groups in total. The molecule has 0 aliphatic carbocycles. The van der Waals surface area contributed by atoms with Crippen LogP contribution in [-0.2, 0) is 0 Å². The van der Waals surface area contributed by atoms with E-state index in [-0.39, 0.29) is 5.91 Å². The van der Waals surface area contributed by atoms with E-state index >= 15 is 0 Å². The van der Waals surface area contributed by atoms with Gasteiger partial charge < -0.3 is 10.4 Å². The van der Waals surface area contributed by atoms with Crippen LogP contribution in [0.4, 0.5) is 0 Å². The summed E-state index contributed by atoms with van der Waals surface area (Å²) >= 11 is 0. The van der Waals surface area contributed by atoms with E-state index in [4.69, 9.17) is 5.11 Å². The molecule has 138 valence electrons. The molecule has 25 heavy (non-hydrogen) atoms. The van der Waals surface area contributed by atoms with Crippen molar-refractivity contribution in [3.05, 3.63) is 65.2 Å². The third kappa shape index (κ3) is 8.39. The molecule has 1 amide bonds. The Balaban J connectivity index is 0.000000430. The lowest BCUT2D eigenvalue weighted by Crippen LogP contribution is -2.17. The van der Waals surface area contributed by atoms with Gasteiger partial charge in [0.25, 0.3) is 5.91 Å². The van der Waals surface area contributed by atoms with Gasteiger partial charge in [0.2, 0.25) is 0 Å². The summed E-state index contributed by atoms with van der Waals surface area (Å²) < 4.78 is 0. The van der Waals surface area contributed by atoms with Crippen LogP contribution in [0.5, 0.6) is 5.75 Å². The van der Waals surface area contributed by atoms with Gasteiger partial charge in [-0.3, -0.25) is 4.79 Å². The van der Waals surface area contributed by atoms with Gasteiger partial charge >= 0.3 is 0 Å². The van der Waals surface area contributed by atoms with Crippen molar-refractivity contribution in [2.24, 2.45) is 0 Å². The van der Waals surface area contributed by atoms with Gasteiger partial charge in [0, 0.05) is 12.6 Å². The Morgan fingerprint density at radius 2 is 1.40 bits per heavy atom. The Labute approximate surface area is 153 Å². The van der Waals surface area contributed by atoms with Crippen LogP contribution >= 0.6 is 0 Å². The normalized spacial score (nSPS) is 9.64. The molecular weight excluding hydrogens is 310 g/mol. The van der Waals surface area contributed by atoms with Gasteiger partial charge in [-0.2, -0.15) is 0 Å². The third-order valence-electron chi connectivity index (χ3n) is 3.60. The molecule has 0 saturated heterocycles. The maximum Gasteiger partial charge on any atom is 0.251 e. The lowest BCUT2D eigenvalue weighted by molar-refractivity contribution is 0.0963. The number of nitrogens with one attached hydrogen (secondary N) is 1. The van der Waals surface area contributed by atoms with Crippen molar-refractivity contribution < 1.29 is 9.90 Å². The molecule has 0 aliphatic rings. The Bertz CT molecular complexity index is 616. The van der Waals surface area contributed by atoms with Crippen LogP contribution in [0, 0.1) is 0 Å². The van der Waals surface area contributed by atoms with E-state index in [9.17, 15) is 4.79 Å². The van der Waals surface area contributed by atoms with Crippen LogP contribution in [0.3, 0.4) is 0 Å². The molecule has 0 saturated carbocycles. The molecular formula is C22H33NO2. The minimum absolute atomic E-state index is 0.0255. The second-order valence-corrected chi connectivity index (χ2v) is 6.11. The van der Waals surface area contributed by atoms with E-state index in [1.807, 2.05) is 50.2 Å². The van der Waals surface area contributed by atoms with Gasteiger partial charge in [0.15, 0.2) is 0 Å². The highest BCUT2D eigenvalue weighted by molar-refractivity contribution is 5.94. The molecule has 0 aliphatic heterocycles. The fourth-order valence-corrected chi connectivity index (χ4v) is 2.04.